The van der Waals surface area contributed by atoms with Crippen molar-refractivity contribution in [3.63, 3.8) is 0 Å². The van der Waals surface area contributed by atoms with E-state index in [0.29, 0.717) is 26.1 Å². The molecule has 0 radical (unpaired) electrons. The van der Waals surface area contributed by atoms with Crippen LogP contribution < -0.4 is 9.47 Å². The highest BCUT2D eigenvalue weighted by Crippen LogP contribution is 2.23. The molecule has 0 amide bonds. The smallest absolute Gasteiger partial charge is 0.119 e. The summed E-state index contributed by atoms with van der Waals surface area (Å²) < 4.78 is 10.9. The number of nitrogens with zero attached hydrogens (tertiary/aromatic N) is 2. The molecule has 0 aliphatic carbocycles. The van der Waals surface area contributed by atoms with Crippen LogP contribution in [0.4, 0.5) is 11.4 Å². The maximum Gasteiger partial charge on any atom is 0.119 e. The lowest BCUT2D eigenvalue weighted by atomic mass is 10.3. The van der Waals surface area contributed by atoms with Gasteiger partial charge in [-0.15, -0.1) is 0 Å². The number of aliphatic hydroxyl groups is 2. The van der Waals surface area contributed by atoms with Crippen LogP contribution in [0.5, 0.6) is 11.5 Å². The molecular weight excluding hydrogens is 308 g/mol. The second kappa shape index (κ2) is 10.4. The van der Waals surface area contributed by atoms with Gasteiger partial charge in [0.05, 0.1) is 24.6 Å². The second-order valence-corrected chi connectivity index (χ2v) is 5.04. The van der Waals surface area contributed by atoms with Gasteiger partial charge in [-0.1, -0.05) is 0 Å². The lowest BCUT2D eigenvalue weighted by Crippen LogP contribution is -1.99. The van der Waals surface area contributed by atoms with Crippen molar-refractivity contribution in [1.29, 1.82) is 0 Å². The average molecular weight is 330 g/mol. The Labute approximate surface area is 141 Å². The molecule has 6 heteroatoms. The quantitative estimate of drug-likeness (QED) is 0.515. The van der Waals surface area contributed by atoms with Crippen molar-refractivity contribution in [2.24, 2.45) is 10.2 Å². The van der Waals surface area contributed by atoms with Crippen LogP contribution in [0, 0.1) is 0 Å². The van der Waals surface area contributed by atoms with Gasteiger partial charge in [0, 0.05) is 26.1 Å². The average Bonchev–Trinajstić information content (AvgIpc) is 2.63. The highest BCUT2D eigenvalue weighted by Gasteiger charge is 1.97. The summed E-state index contributed by atoms with van der Waals surface area (Å²) in [6.07, 6.45) is 1.22. The molecule has 24 heavy (non-hydrogen) atoms. The molecule has 6 nitrogen and oxygen atoms in total. The van der Waals surface area contributed by atoms with Crippen molar-refractivity contribution >= 4 is 11.4 Å². The molecule has 2 aromatic carbocycles. The van der Waals surface area contributed by atoms with Crippen LogP contribution >= 0.6 is 0 Å². The normalized spacial score (nSPS) is 10.9. The minimum Gasteiger partial charge on any atom is -0.494 e. The number of rotatable bonds is 10. The molecule has 2 aromatic rings. The maximum atomic E-state index is 8.71. The van der Waals surface area contributed by atoms with Gasteiger partial charge in [-0.2, -0.15) is 10.2 Å². The van der Waals surface area contributed by atoms with Crippen LogP contribution in [0.25, 0.3) is 0 Å². The monoisotopic (exact) mass is 330 g/mol. The van der Waals surface area contributed by atoms with Gasteiger partial charge in [-0.25, -0.2) is 0 Å². The fourth-order valence-corrected chi connectivity index (χ4v) is 1.84. The van der Waals surface area contributed by atoms with Crippen molar-refractivity contribution in [2.75, 3.05) is 26.4 Å². The summed E-state index contributed by atoms with van der Waals surface area (Å²) in [6.45, 7) is 1.23. The van der Waals surface area contributed by atoms with Crippen molar-refractivity contribution in [2.45, 2.75) is 12.8 Å². The van der Waals surface area contributed by atoms with Crippen LogP contribution in [0.3, 0.4) is 0 Å². The van der Waals surface area contributed by atoms with E-state index in [1.807, 2.05) is 48.5 Å². The van der Waals surface area contributed by atoms with Gasteiger partial charge in [0.25, 0.3) is 0 Å². The lowest BCUT2D eigenvalue weighted by molar-refractivity contribution is 0.233. The summed E-state index contributed by atoms with van der Waals surface area (Å²) in [7, 11) is 0. The van der Waals surface area contributed by atoms with Crippen LogP contribution in [-0.2, 0) is 0 Å². The number of aliphatic hydroxyl groups excluding tert-OH is 2. The molecule has 0 aliphatic heterocycles. The van der Waals surface area contributed by atoms with Gasteiger partial charge in [-0.05, 0) is 48.5 Å². The third kappa shape index (κ3) is 6.36. The van der Waals surface area contributed by atoms with Gasteiger partial charge in [0.2, 0.25) is 0 Å². The Morgan fingerprint density at radius 1 is 0.625 bits per heavy atom. The summed E-state index contributed by atoms with van der Waals surface area (Å²) >= 11 is 0. The van der Waals surface area contributed by atoms with E-state index in [0.717, 1.165) is 22.9 Å². The summed E-state index contributed by atoms with van der Waals surface area (Å²) in [5.41, 5.74) is 1.46. The van der Waals surface area contributed by atoms with E-state index < -0.39 is 0 Å². The van der Waals surface area contributed by atoms with E-state index >= 15 is 0 Å². The largest absolute Gasteiger partial charge is 0.494 e. The van der Waals surface area contributed by atoms with Crippen molar-refractivity contribution < 1.29 is 19.7 Å². The molecule has 0 aromatic heterocycles. The lowest BCUT2D eigenvalue weighted by Gasteiger charge is -2.05. The Balaban J connectivity index is 1.86. The topological polar surface area (TPSA) is 83.6 Å². The Morgan fingerprint density at radius 2 is 1.00 bits per heavy atom. The van der Waals surface area contributed by atoms with Crippen LogP contribution in [0.15, 0.2) is 58.8 Å². The molecule has 0 fully saturated rings. The predicted octanol–water partition coefficient (Wildman–Crippen LogP) is 3.62. The molecule has 0 aliphatic rings. The number of azo groups is 1. The van der Waals surface area contributed by atoms with Gasteiger partial charge < -0.3 is 19.7 Å². The predicted molar refractivity (Wildman–Crippen MR) is 91.5 cm³/mol. The first-order chi connectivity index (χ1) is 11.8. The highest BCUT2D eigenvalue weighted by molar-refractivity contribution is 5.44. The third-order valence-electron chi connectivity index (χ3n) is 3.10. The molecule has 128 valence electrons. The van der Waals surface area contributed by atoms with E-state index in [1.165, 1.54) is 0 Å². The number of benzene rings is 2. The number of hydrogen-bond acceptors (Lipinski definition) is 6. The van der Waals surface area contributed by atoms with Crippen LogP contribution in [-0.4, -0.2) is 36.6 Å². The molecule has 0 heterocycles. The Kier molecular flexibility index (Phi) is 7.73. The van der Waals surface area contributed by atoms with Crippen LogP contribution in [0.1, 0.15) is 12.8 Å². The van der Waals surface area contributed by atoms with Gasteiger partial charge in [0.1, 0.15) is 11.5 Å². The van der Waals surface area contributed by atoms with E-state index in [-0.39, 0.29) is 13.2 Å². The summed E-state index contributed by atoms with van der Waals surface area (Å²) in [5.74, 6) is 1.48. The van der Waals surface area contributed by atoms with Crippen molar-refractivity contribution in [1.82, 2.24) is 0 Å². The van der Waals surface area contributed by atoms with Gasteiger partial charge in [0.15, 0.2) is 0 Å². The third-order valence-corrected chi connectivity index (χ3v) is 3.10. The number of ether oxygens (including phenoxy) is 2. The minimum atomic E-state index is 0.123. The zero-order valence-corrected chi connectivity index (χ0v) is 13.5. The van der Waals surface area contributed by atoms with E-state index in [4.69, 9.17) is 19.7 Å². The standard InChI is InChI=1S/C18H22N2O4/c21-11-1-13-23-17-7-3-15(4-8-17)19-20-16-5-9-18(10-6-16)24-14-2-12-22/h3-10,21-22H,1-2,11-14H2/b20-19+. The molecule has 0 bridgehead atoms. The summed E-state index contributed by atoms with van der Waals surface area (Å²) in [6, 6.07) is 14.6. The Hall–Kier alpha value is -2.44. The molecule has 0 atom stereocenters. The van der Waals surface area contributed by atoms with E-state index in [9.17, 15) is 0 Å². The van der Waals surface area contributed by atoms with Gasteiger partial charge >= 0.3 is 0 Å². The minimum absolute atomic E-state index is 0.123. The SMILES string of the molecule is OCCCOc1ccc(/N=N/c2ccc(OCCCO)cc2)cc1. The first kappa shape index (κ1) is 17.9. The zero-order chi connectivity index (χ0) is 17.0. The zero-order valence-electron chi connectivity index (χ0n) is 13.5. The van der Waals surface area contributed by atoms with E-state index in [2.05, 4.69) is 10.2 Å². The molecule has 0 saturated carbocycles. The fraction of sp³-hybridized carbons (Fsp3) is 0.333. The Bertz CT molecular complexity index is 556. The maximum absolute atomic E-state index is 8.71. The summed E-state index contributed by atoms with van der Waals surface area (Å²) in [4.78, 5) is 0. The van der Waals surface area contributed by atoms with Crippen molar-refractivity contribution in [3.05, 3.63) is 48.5 Å². The second-order valence-electron chi connectivity index (χ2n) is 5.04. The van der Waals surface area contributed by atoms with Crippen LogP contribution in [0.2, 0.25) is 0 Å². The fourth-order valence-electron chi connectivity index (χ4n) is 1.84. The van der Waals surface area contributed by atoms with E-state index in [1.54, 1.807) is 0 Å². The molecule has 2 N–H and O–H groups in total. The molecule has 0 unspecified atom stereocenters. The van der Waals surface area contributed by atoms with Gasteiger partial charge in [-0.3, -0.25) is 0 Å². The first-order valence-electron chi connectivity index (χ1n) is 7.91. The Morgan fingerprint density at radius 3 is 1.33 bits per heavy atom. The molecule has 2 rings (SSSR count). The first-order valence-corrected chi connectivity index (χ1v) is 7.91. The van der Waals surface area contributed by atoms with Crippen molar-refractivity contribution in [3.8, 4) is 11.5 Å². The summed E-state index contributed by atoms with van der Waals surface area (Å²) in [5, 5.41) is 25.8. The molecular formula is C18H22N2O4. The highest BCUT2D eigenvalue weighted by atomic mass is 16.5. The molecule has 0 spiro atoms. The number of hydrogen-bond donors (Lipinski definition) is 2. The molecule has 0 saturated heterocycles.